The molecule has 0 radical (unpaired) electrons. The van der Waals surface area contributed by atoms with Gasteiger partial charge in [0.05, 0.1) is 6.04 Å². The fourth-order valence-electron chi connectivity index (χ4n) is 1.79. The van der Waals surface area contributed by atoms with Crippen LogP contribution >= 0.6 is 0 Å². The molecule has 2 rings (SSSR count). The Hall–Kier alpha value is -1.42. The van der Waals surface area contributed by atoms with Gasteiger partial charge in [-0.2, -0.15) is 0 Å². The number of carbonyl (C=O) groups excluding carboxylic acids is 1. The predicted octanol–water partition coefficient (Wildman–Crippen LogP) is 0.868. The summed E-state index contributed by atoms with van der Waals surface area (Å²) in [6.07, 6.45) is 4.12. The van der Waals surface area contributed by atoms with Crippen molar-refractivity contribution in [3.8, 4) is 0 Å². The monoisotopic (exact) mass is 219 g/mol. The lowest BCUT2D eigenvalue weighted by Gasteiger charge is -2.27. The van der Waals surface area contributed by atoms with Crippen LogP contribution in [0.4, 0.5) is 0 Å². The lowest BCUT2D eigenvalue weighted by atomic mass is 9.98. The molecule has 0 spiro atoms. The maximum atomic E-state index is 11.7. The summed E-state index contributed by atoms with van der Waals surface area (Å²) in [5.41, 5.74) is 1.09. The maximum Gasteiger partial charge on any atom is 0.220 e. The fourth-order valence-corrected chi connectivity index (χ4v) is 1.79. The Morgan fingerprint density at radius 3 is 2.81 bits per heavy atom. The Kier molecular flexibility index (Phi) is 3.51. The van der Waals surface area contributed by atoms with Crippen LogP contribution in [0.5, 0.6) is 0 Å². The van der Waals surface area contributed by atoms with Gasteiger partial charge in [0.2, 0.25) is 5.91 Å². The van der Waals surface area contributed by atoms with E-state index in [0.29, 0.717) is 12.3 Å². The molecule has 1 saturated heterocycles. The average Bonchev–Trinajstić information content (AvgIpc) is 2.25. The van der Waals surface area contributed by atoms with Crippen molar-refractivity contribution in [3.63, 3.8) is 0 Å². The number of hydrogen-bond donors (Lipinski definition) is 2. The molecule has 1 aromatic rings. The number of carbonyl (C=O) groups is 1. The van der Waals surface area contributed by atoms with Crippen LogP contribution in [0.15, 0.2) is 24.5 Å². The van der Waals surface area contributed by atoms with Crippen LogP contribution in [0, 0.1) is 5.92 Å². The highest BCUT2D eigenvalue weighted by Gasteiger charge is 2.20. The van der Waals surface area contributed by atoms with Crippen LogP contribution in [0.25, 0.3) is 0 Å². The Morgan fingerprint density at radius 1 is 1.56 bits per heavy atom. The highest BCUT2D eigenvalue weighted by molar-refractivity contribution is 5.76. The van der Waals surface area contributed by atoms with Crippen molar-refractivity contribution in [2.75, 3.05) is 13.1 Å². The topological polar surface area (TPSA) is 54.0 Å². The van der Waals surface area contributed by atoms with E-state index in [0.717, 1.165) is 18.7 Å². The number of amides is 1. The number of nitrogens with zero attached hydrogens (tertiary/aromatic N) is 1. The van der Waals surface area contributed by atoms with Crippen molar-refractivity contribution >= 4 is 5.91 Å². The van der Waals surface area contributed by atoms with Gasteiger partial charge in [-0.25, -0.2) is 0 Å². The van der Waals surface area contributed by atoms with E-state index >= 15 is 0 Å². The highest BCUT2D eigenvalue weighted by atomic mass is 16.1. The maximum absolute atomic E-state index is 11.7. The first-order valence-corrected chi connectivity index (χ1v) is 5.65. The van der Waals surface area contributed by atoms with Crippen LogP contribution in [-0.2, 0) is 4.79 Å². The molecule has 1 aromatic heterocycles. The van der Waals surface area contributed by atoms with Gasteiger partial charge < -0.3 is 10.6 Å². The smallest absolute Gasteiger partial charge is 0.220 e. The predicted molar refractivity (Wildman–Crippen MR) is 61.8 cm³/mol. The zero-order chi connectivity index (χ0) is 11.4. The lowest BCUT2D eigenvalue weighted by molar-refractivity contribution is -0.123. The van der Waals surface area contributed by atoms with Gasteiger partial charge in [0, 0.05) is 18.8 Å². The molecule has 2 heterocycles. The van der Waals surface area contributed by atoms with Crippen LogP contribution in [0.3, 0.4) is 0 Å². The first-order chi connectivity index (χ1) is 7.75. The molecule has 0 bridgehead atoms. The minimum Gasteiger partial charge on any atom is -0.350 e. The molecule has 1 atom stereocenters. The van der Waals surface area contributed by atoms with Crippen molar-refractivity contribution in [2.24, 2.45) is 5.92 Å². The van der Waals surface area contributed by atoms with E-state index in [9.17, 15) is 4.79 Å². The van der Waals surface area contributed by atoms with Gasteiger partial charge in [-0.1, -0.05) is 0 Å². The number of aromatic nitrogens is 1. The van der Waals surface area contributed by atoms with Crippen molar-refractivity contribution in [2.45, 2.75) is 19.4 Å². The van der Waals surface area contributed by atoms with Gasteiger partial charge in [-0.3, -0.25) is 9.78 Å². The van der Waals surface area contributed by atoms with Crippen molar-refractivity contribution in [1.82, 2.24) is 15.6 Å². The van der Waals surface area contributed by atoms with Gasteiger partial charge in [-0.05, 0) is 43.6 Å². The minimum atomic E-state index is 0.0588. The second-order valence-corrected chi connectivity index (χ2v) is 4.30. The second-order valence-electron chi connectivity index (χ2n) is 4.30. The highest BCUT2D eigenvalue weighted by Crippen LogP contribution is 2.12. The van der Waals surface area contributed by atoms with Crippen molar-refractivity contribution in [3.05, 3.63) is 30.1 Å². The van der Waals surface area contributed by atoms with Gasteiger partial charge in [0.15, 0.2) is 0 Å². The Bertz CT molecular complexity index is 349. The van der Waals surface area contributed by atoms with E-state index < -0.39 is 0 Å². The summed E-state index contributed by atoms with van der Waals surface area (Å²) in [4.78, 5) is 15.6. The lowest BCUT2D eigenvalue weighted by Crippen LogP contribution is -2.44. The molecule has 16 heavy (non-hydrogen) atoms. The van der Waals surface area contributed by atoms with E-state index in [1.165, 1.54) is 0 Å². The molecule has 86 valence electrons. The van der Waals surface area contributed by atoms with Gasteiger partial charge >= 0.3 is 0 Å². The molecule has 0 unspecified atom stereocenters. The third-order valence-corrected chi connectivity index (χ3v) is 2.92. The molecule has 0 aliphatic carbocycles. The molecule has 0 saturated carbocycles. The SMILES string of the molecule is C[C@H](NC(=O)CC1CNC1)c1ccncc1. The number of pyridine rings is 1. The summed E-state index contributed by atoms with van der Waals surface area (Å²) in [7, 11) is 0. The summed E-state index contributed by atoms with van der Waals surface area (Å²) in [5, 5.41) is 6.16. The van der Waals surface area contributed by atoms with Gasteiger partial charge in [-0.15, -0.1) is 0 Å². The third kappa shape index (κ3) is 2.79. The van der Waals surface area contributed by atoms with Gasteiger partial charge in [0.1, 0.15) is 0 Å². The molecule has 1 aliphatic rings. The quantitative estimate of drug-likeness (QED) is 0.790. The molecule has 2 N–H and O–H groups in total. The molecule has 4 heteroatoms. The summed E-state index contributed by atoms with van der Waals surface area (Å²) in [6, 6.07) is 3.91. The fraction of sp³-hybridized carbons (Fsp3) is 0.500. The first-order valence-electron chi connectivity index (χ1n) is 5.65. The molecular formula is C12H17N3O. The van der Waals surface area contributed by atoms with Crippen molar-refractivity contribution < 1.29 is 4.79 Å². The van der Waals surface area contributed by atoms with Crippen LogP contribution < -0.4 is 10.6 Å². The molecule has 1 fully saturated rings. The number of hydrogen-bond acceptors (Lipinski definition) is 3. The van der Waals surface area contributed by atoms with Crippen LogP contribution in [0.2, 0.25) is 0 Å². The molecule has 4 nitrogen and oxygen atoms in total. The molecule has 1 amide bonds. The third-order valence-electron chi connectivity index (χ3n) is 2.92. The second kappa shape index (κ2) is 5.07. The van der Waals surface area contributed by atoms with E-state index in [2.05, 4.69) is 15.6 Å². The summed E-state index contributed by atoms with van der Waals surface area (Å²) in [5.74, 6) is 0.653. The Balaban J connectivity index is 1.82. The van der Waals surface area contributed by atoms with Crippen LogP contribution in [0.1, 0.15) is 24.9 Å². The largest absolute Gasteiger partial charge is 0.350 e. The van der Waals surface area contributed by atoms with E-state index in [1.54, 1.807) is 12.4 Å². The van der Waals surface area contributed by atoms with Crippen molar-refractivity contribution in [1.29, 1.82) is 0 Å². The molecular weight excluding hydrogens is 202 g/mol. The standard InChI is InChI=1S/C12H17N3O/c1-9(11-2-4-13-5-3-11)15-12(16)6-10-7-14-8-10/h2-5,9-10,14H,6-8H2,1H3,(H,15,16)/t9-/m0/s1. The summed E-state index contributed by atoms with van der Waals surface area (Å²) < 4.78 is 0. The van der Waals surface area contributed by atoms with E-state index in [1.807, 2.05) is 19.1 Å². The van der Waals surface area contributed by atoms with E-state index in [-0.39, 0.29) is 11.9 Å². The number of rotatable bonds is 4. The molecule has 1 aliphatic heterocycles. The number of nitrogens with one attached hydrogen (secondary N) is 2. The van der Waals surface area contributed by atoms with Crippen LogP contribution in [-0.4, -0.2) is 24.0 Å². The first kappa shape index (κ1) is 11.1. The zero-order valence-electron chi connectivity index (χ0n) is 9.44. The minimum absolute atomic E-state index is 0.0588. The normalized spacial score (nSPS) is 17.6. The summed E-state index contributed by atoms with van der Waals surface area (Å²) >= 11 is 0. The summed E-state index contributed by atoms with van der Waals surface area (Å²) in [6.45, 7) is 3.93. The van der Waals surface area contributed by atoms with Gasteiger partial charge in [0.25, 0.3) is 0 Å². The molecule has 0 aromatic carbocycles. The Labute approximate surface area is 95.5 Å². The van der Waals surface area contributed by atoms with E-state index in [4.69, 9.17) is 0 Å². The zero-order valence-corrected chi connectivity index (χ0v) is 9.44. The average molecular weight is 219 g/mol. The Morgan fingerprint density at radius 2 is 2.25 bits per heavy atom.